The fourth-order valence-electron chi connectivity index (χ4n) is 1.20. The van der Waals surface area contributed by atoms with E-state index in [2.05, 4.69) is 10.2 Å². The van der Waals surface area contributed by atoms with Crippen LogP contribution in [0.25, 0.3) is 0 Å². The molecule has 0 saturated heterocycles. The van der Waals surface area contributed by atoms with Crippen molar-refractivity contribution in [1.82, 2.24) is 10.2 Å². The van der Waals surface area contributed by atoms with Crippen LogP contribution in [0.1, 0.15) is 5.56 Å². The highest BCUT2D eigenvalue weighted by Gasteiger charge is 2.08. The number of nitrogens with one attached hydrogen (secondary N) is 1. The van der Waals surface area contributed by atoms with Crippen LogP contribution in [0.15, 0.2) is 42.6 Å². The quantitative estimate of drug-likeness (QED) is 0.599. The smallest absolute Gasteiger partial charge is 0.249 e. The van der Waals surface area contributed by atoms with Gasteiger partial charge in [0, 0.05) is 0 Å². The van der Waals surface area contributed by atoms with Gasteiger partial charge in [-0.3, -0.25) is 5.41 Å². The van der Waals surface area contributed by atoms with E-state index < -0.39 is 0 Å². The third-order valence-corrected chi connectivity index (χ3v) is 1.93. The molecule has 0 unspecified atom stereocenters. The fourth-order valence-corrected chi connectivity index (χ4v) is 1.20. The Hall–Kier alpha value is -2.43. The monoisotopic (exact) mass is 214 g/mol. The number of nitrogens with zero attached hydrogens (tertiary/aromatic N) is 2. The van der Waals surface area contributed by atoms with Gasteiger partial charge in [-0.15, -0.1) is 5.10 Å². The van der Waals surface area contributed by atoms with Gasteiger partial charge >= 0.3 is 0 Å². The summed E-state index contributed by atoms with van der Waals surface area (Å²) in [6.45, 7) is 0. The number of hydrogen-bond donors (Lipinski definition) is 2. The van der Waals surface area contributed by atoms with E-state index in [0.717, 1.165) is 0 Å². The van der Waals surface area contributed by atoms with E-state index in [1.54, 1.807) is 18.2 Å². The molecule has 0 atom stereocenters. The molecule has 5 nitrogen and oxygen atoms in total. The zero-order chi connectivity index (χ0) is 11.4. The molecule has 0 saturated carbocycles. The maximum atomic E-state index is 7.37. The van der Waals surface area contributed by atoms with Crippen LogP contribution >= 0.6 is 0 Å². The number of amidine groups is 1. The van der Waals surface area contributed by atoms with Crippen LogP contribution in [0.2, 0.25) is 0 Å². The lowest BCUT2D eigenvalue weighted by atomic mass is 10.3. The molecule has 1 aromatic heterocycles. The minimum atomic E-state index is -0.0965. The Bertz CT molecular complexity index is 498. The normalized spacial score (nSPS) is 9.75. The molecule has 0 aliphatic heterocycles. The Kier molecular flexibility index (Phi) is 2.77. The summed E-state index contributed by atoms with van der Waals surface area (Å²) in [4.78, 5) is 0. The van der Waals surface area contributed by atoms with Crippen molar-refractivity contribution in [2.24, 2.45) is 5.73 Å². The fraction of sp³-hybridized carbons (Fsp3) is 0. The van der Waals surface area contributed by atoms with Crippen molar-refractivity contribution in [2.45, 2.75) is 0 Å². The van der Waals surface area contributed by atoms with E-state index in [-0.39, 0.29) is 11.7 Å². The first-order chi connectivity index (χ1) is 7.77. The Labute approximate surface area is 92.4 Å². The maximum absolute atomic E-state index is 7.37. The lowest BCUT2D eigenvalue weighted by Crippen LogP contribution is -2.13. The first-order valence-corrected chi connectivity index (χ1v) is 4.66. The van der Waals surface area contributed by atoms with Crippen LogP contribution in [0.3, 0.4) is 0 Å². The third kappa shape index (κ3) is 2.14. The van der Waals surface area contributed by atoms with Gasteiger partial charge in [0.2, 0.25) is 5.88 Å². The van der Waals surface area contributed by atoms with Gasteiger partial charge in [-0.25, -0.2) is 0 Å². The molecule has 5 heteroatoms. The predicted molar refractivity (Wildman–Crippen MR) is 59.6 cm³/mol. The molecule has 3 N–H and O–H groups in total. The Morgan fingerprint density at radius 2 is 1.94 bits per heavy atom. The van der Waals surface area contributed by atoms with Crippen molar-refractivity contribution in [3.63, 3.8) is 0 Å². The molecule has 2 rings (SSSR count). The summed E-state index contributed by atoms with van der Waals surface area (Å²) < 4.78 is 5.48. The van der Waals surface area contributed by atoms with Crippen LogP contribution in [-0.2, 0) is 0 Å². The highest BCUT2D eigenvalue weighted by atomic mass is 16.5. The van der Waals surface area contributed by atoms with Crippen molar-refractivity contribution < 1.29 is 4.74 Å². The molecule has 1 heterocycles. The molecular formula is C11H10N4O. The van der Waals surface area contributed by atoms with E-state index >= 15 is 0 Å². The maximum Gasteiger partial charge on any atom is 0.249 e. The van der Waals surface area contributed by atoms with Crippen molar-refractivity contribution in [2.75, 3.05) is 0 Å². The summed E-state index contributed by atoms with van der Waals surface area (Å²) in [6, 6.07) is 10.7. The molecule has 1 aromatic carbocycles. The zero-order valence-corrected chi connectivity index (χ0v) is 8.42. The van der Waals surface area contributed by atoms with Gasteiger partial charge in [-0.2, -0.15) is 5.10 Å². The number of rotatable bonds is 3. The average molecular weight is 214 g/mol. The molecule has 0 amide bonds. The summed E-state index contributed by atoms with van der Waals surface area (Å²) in [5.74, 6) is 0.771. The van der Waals surface area contributed by atoms with Gasteiger partial charge in [-0.1, -0.05) is 18.2 Å². The third-order valence-electron chi connectivity index (χ3n) is 1.93. The molecular weight excluding hydrogens is 204 g/mol. The van der Waals surface area contributed by atoms with E-state index in [0.29, 0.717) is 11.3 Å². The summed E-state index contributed by atoms with van der Waals surface area (Å²) in [7, 11) is 0. The second-order valence-electron chi connectivity index (χ2n) is 3.08. The van der Waals surface area contributed by atoms with Gasteiger partial charge in [0.05, 0.1) is 11.8 Å². The SMILES string of the molecule is N=C(N)c1ccnnc1Oc1ccccc1. The van der Waals surface area contributed by atoms with Gasteiger partial charge in [0.1, 0.15) is 11.6 Å². The van der Waals surface area contributed by atoms with Crippen LogP contribution in [-0.4, -0.2) is 16.0 Å². The zero-order valence-electron chi connectivity index (χ0n) is 8.42. The molecule has 80 valence electrons. The lowest BCUT2D eigenvalue weighted by molar-refractivity contribution is 0.454. The first kappa shape index (κ1) is 10.1. The number of hydrogen-bond acceptors (Lipinski definition) is 4. The molecule has 0 spiro atoms. The molecule has 0 bridgehead atoms. The summed E-state index contributed by atoms with van der Waals surface area (Å²) in [6.07, 6.45) is 1.47. The number of aromatic nitrogens is 2. The Morgan fingerprint density at radius 1 is 1.19 bits per heavy atom. The van der Waals surface area contributed by atoms with Gasteiger partial charge in [-0.05, 0) is 18.2 Å². The standard InChI is InChI=1S/C11H10N4O/c12-10(13)9-6-7-14-15-11(9)16-8-4-2-1-3-5-8/h1-7H,(H3,12,13). The van der Waals surface area contributed by atoms with Crippen LogP contribution < -0.4 is 10.5 Å². The molecule has 0 aliphatic rings. The van der Waals surface area contributed by atoms with E-state index in [9.17, 15) is 0 Å². The topological polar surface area (TPSA) is 84.9 Å². The second kappa shape index (κ2) is 4.39. The molecule has 0 aliphatic carbocycles. The van der Waals surface area contributed by atoms with Crippen LogP contribution in [0, 0.1) is 5.41 Å². The van der Waals surface area contributed by atoms with Crippen molar-refractivity contribution in [3.05, 3.63) is 48.2 Å². The largest absolute Gasteiger partial charge is 0.437 e. The minimum absolute atomic E-state index is 0.0965. The van der Waals surface area contributed by atoms with E-state index in [4.69, 9.17) is 15.9 Å². The molecule has 0 fully saturated rings. The Balaban J connectivity index is 2.31. The van der Waals surface area contributed by atoms with Gasteiger partial charge in [0.25, 0.3) is 0 Å². The van der Waals surface area contributed by atoms with Crippen molar-refractivity contribution in [1.29, 1.82) is 5.41 Å². The predicted octanol–water partition coefficient (Wildman–Crippen LogP) is 1.55. The number of nitrogens with two attached hydrogens (primary N) is 1. The highest BCUT2D eigenvalue weighted by molar-refractivity contribution is 5.96. The molecule has 0 radical (unpaired) electrons. The van der Waals surface area contributed by atoms with Crippen molar-refractivity contribution >= 4 is 5.84 Å². The van der Waals surface area contributed by atoms with Gasteiger partial charge < -0.3 is 10.5 Å². The average Bonchev–Trinajstić information content (AvgIpc) is 2.31. The molecule has 16 heavy (non-hydrogen) atoms. The number of ether oxygens (including phenoxy) is 1. The number of para-hydroxylation sites is 1. The Morgan fingerprint density at radius 3 is 2.62 bits per heavy atom. The van der Waals surface area contributed by atoms with Crippen LogP contribution in [0.5, 0.6) is 11.6 Å². The highest BCUT2D eigenvalue weighted by Crippen LogP contribution is 2.21. The van der Waals surface area contributed by atoms with E-state index in [1.165, 1.54) is 6.20 Å². The second-order valence-corrected chi connectivity index (χ2v) is 3.08. The summed E-state index contributed by atoms with van der Waals surface area (Å²) in [5.41, 5.74) is 5.83. The summed E-state index contributed by atoms with van der Waals surface area (Å²) >= 11 is 0. The summed E-state index contributed by atoms with van der Waals surface area (Å²) in [5, 5.41) is 14.9. The number of nitrogen functional groups attached to an aromatic ring is 1. The van der Waals surface area contributed by atoms with Gasteiger partial charge in [0.15, 0.2) is 0 Å². The van der Waals surface area contributed by atoms with Crippen LogP contribution in [0.4, 0.5) is 0 Å². The number of benzene rings is 1. The van der Waals surface area contributed by atoms with Crippen molar-refractivity contribution in [3.8, 4) is 11.6 Å². The first-order valence-electron chi connectivity index (χ1n) is 4.66. The molecule has 2 aromatic rings. The minimum Gasteiger partial charge on any atom is -0.437 e. The van der Waals surface area contributed by atoms with E-state index in [1.807, 2.05) is 18.2 Å². The lowest BCUT2D eigenvalue weighted by Gasteiger charge is -2.07.